The van der Waals surface area contributed by atoms with Gasteiger partial charge < -0.3 is 10.3 Å². The molecule has 120 valence electrons. The van der Waals surface area contributed by atoms with Gasteiger partial charge in [0.2, 0.25) is 0 Å². The zero-order chi connectivity index (χ0) is 16.2. The first kappa shape index (κ1) is 16.5. The van der Waals surface area contributed by atoms with Crippen molar-refractivity contribution in [3.63, 3.8) is 0 Å². The number of sulfone groups is 1. The molecule has 0 aliphatic heterocycles. The molecule has 0 saturated heterocycles. The van der Waals surface area contributed by atoms with Gasteiger partial charge >= 0.3 is 0 Å². The van der Waals surface area contributed by atoms with Crippen LogP contribution in [0.1, 0.15) is 43.0 Å². The van der Waals surface area contributed by atoms with Gasteiger partial charge in [-0.1, -0.05) is 18.6 Å². The SMILES string of the molecule is CCS(=O)(=O)c1c[nH]c(=O)c(C(=O)NCC2=CCCCC2)c1. The molecule has 0 radical (unpaired) electrons. The number of nitrogens with one attached hydrogen (secondary N) is 2. The van der Waals surface area contributed by atoms with Gasteiger partial charge in [0, 0.05) is 12.7 Å². The molecule has 0 bridgehead atoms. The van der Waals surface area contributed by atoms with Crippen LogP contribution in [0.5, 0.6) is 0 Å². The Morgan fingerprint density at radius 3 is 2.77 bits per heavy atom. The second kappa shape index (κ2) is 6.91. The maximum absolute atomic E-state index is 12.1. The largest absolute Gasteiger partial charge is 0.348 e. The first-order valence-electron chi connectivity index (χ1n) is 7.35. The maximum atomic E-state index is 12.1. The molecular weight excluding hydrogens is 304 g/mol. The first-order valence-corrected chi connectivity index (χ1v) is 9.01. The summed E-state index contributed by atoms with van der Waals surface area (Å²) in [4.78, 5) is 26.1. The van der Waals surface area contributed by atoms with Gasteiger partial charge in [0.1, 0.15) is 5.56 Å². The summed E-state index contributed by atoms with van der Waals surface area (Å²) in [6, 6.07) is 1.14. The standard InChI is InChI=1S/C15H20N2O4S/c1-2-22(20,21)12-8-13(15(19)17-10-12)14(18)16-9-11-6-4-3-5-7-11/h6,8,10H,2-5,7,9H2,1H3,(H,16,18)(H,17,19). The topological polar surface area (TPSA) is 96.1 Å². The Balaban J connectivity index is 2.17. The summed E-state index contributed by atoms with van der Waals surface area (Å²) in [6.07, 6.45) is 7.45. The van der Waals surface area contributed by atoms with E-state index in [1.807, 2.05) is 0 Å². The summed E-state index contributed by atoms with van der Waals surface area (Å²) >= 11 is 0. The molecule has 6 nitrogen and oxygen atoms in total. The molecule has 1 aromatic heterocycles. The predicted octanol–water partition coefficient (Wildman–Crippen LogP) is 1.40. The van der Waals surface area contributed by atoms with Crippen molar-refractivity contribution in [2.45, 2.75) is 37.5 Å². The molecule has 2 N–H and O–H groups in total. The van der Waals surface area contributed by atoms with Crippen LogP contribution in [0, 0.1) is 0 Å². The van der Waals surface area contributed by atoms with Crippen molar-refractivity contribution >= 4 is 15.7 Å². The van der Waals surface area contributed by atoms with Crippen LogP contribution in [0.3, 0.4) is 0 Å². The fourth-order valence-electron chi connectivity index (χ4n) is 2.33. The Hall–Kier alpha value is -1.89. The third kappa shape index (κ3) is 3.85. The summed E-state index contributed by atoms with van der Waals surface area (Å²) < 4.78 is 23.7. The molecule has 0 fully saturated rings. The highest BCUT2D eigenvalue weighted by Crippen LogP contribution is 2.16. The lowest BCUT2D eigenvalue weighted by Gasteiger charge is -2.13. The normalized spacial score (nSPS) is 15.2. The smallest absolute Gasteiger partial charge is 0.260 e. The lowest BCUT2D eigenvalue weighted by molar-refractivity contribution is 0.0955. The number of amides is 1. The first-order chi connectivity index (χ1) is 10.4. The van der Waals surface area contributed by atoms with Crippen molar-refractivity contribution < 1.29 is 13.2 Å². The van der Waals surface area contributed by atoms with Crippen LogP contribution in [0.4, 0.5) is 0 Å². The molecule has 7 heteroatoms. The summed E-state index contributed by atoms with van der Waals surface area (Å²) in [5.74, 6) is -0.645. The molecule has 1 heterocycles. The molecule has 0 atom stereocenters. The van der Waals surface area contributed by atoms with Crippen LogP contribution >= 0.6 is 0 Å². The van der Waals surface area contributed by atoms with Gasteiger partial charge in [0.25, 0.3) is 11.5 Å². The lowest BCUT2D eigenvalue weighted by Crippen LogP contribution is -2.31. The monoisotopic (exact) mass is 324 g/mol. The van der Waals surface area contributed by atoms with Crippen molar-refractivity contribution in [1.82, 2.24) is 10.3 Å². The van der Waals surface area contributed by atoms with Gasteiger partial charge in [-0.15, -0.1) is 0 Å². The number of H-pyrrole nitrogens is 1. The Morgan fingerprint density at radius 2 is 2.14 bits per heavy atom. The third-order valence-corrected chi connectivity index (χ3v) is 5.44. The van der Waals surface area contributed by atoms with Gasteiger partial charge in [-0.25, -0.2) is 8.42 Å². The summed E-state index contributed by atoms with van der Waals surface area (Å²) in [7, 11) is -3.47. The van der Waals surface area contributed by atoms with Gasteiger partial charge in [0.05, 0.1) is 10.6 Å². The van der Waals surface area contributed by atoms with Crippen LogP contribution in [0.2, 0.25) is 0 Å². The number of aromatic amines is 1. The average molecular weight is 324 g/mol. The molecule has 22 heavy (non-hydrogen) atoms. The van der Waals surface area contributed by atoms with Crippen molar-refractivity contribution in [3.8, 4) is 0 Å². The fraction of sp³-hybridized carbons (Fsp3) is 0.467. The number of pyridine rings is 1. The van der Waals surface area contributed by atoms with Gasteiger partial charge in [-0.05, 0) is 31.7 Å². The Labute approximate surface area is 129 Å². The van der Waals surface area contributed by atoms with Crippen LogP contribution < -0.4 is 10.9 Å². The van der Waals surface area contributed by atoms with Gasteiger partial charge in [0.15, 0.2) is 9.84 Å². The van der Waals surface area contributed by atoms with Crippen LogP contribution in [-0.2, 0) is 9.84 Å². The predicted molar refractivity (Wildman–Crippen MR) is 83.7 cm³/mol. The van der Waals surface area contributed by atoms with Gasteiger partial charge in [-0.3, -0.25) is 9.59 Å². The highest BCUT2D eigenvalue weighted by Gasteiger charge is 2.18. The van der Waals surface area contributed by atoms with E-state index in [2.05, 4.69) is 16.4 Å². The second-order valence-electron chi connectivity index (χ2n) is 5.27. The number of hydrogen-bond acceptors (Lipinski definition) is 4. The second-order valence-corrected chi connectivity index (χ2v) is 7.55. The van der Waals surface area contributed by atoms with Crippen LogP contribution in [0.25, 0.3) is 0 Å². The van der Waals surface area contributed by atoms with E-state index in [0.717, 1.165) is 43.5 Å². The van der Waals surface area contributed by atoms with E-state index in [1.54, 1.807) is 0 Å². The van der Waals surface area contributed by atoms with E-state index in [4.69, 9.17) is 0 Å². The highest BCUT2D eigenvalue weighted by atomic mass is 32.2. The van der Waals surface area contributed by atoms with Gasteiger partial charge in [-0.2, -0.15) is 0 Å². The number of hydrogen-bond donors (Lipinski definition) is 2. The molecule has 0 saturated carbocycles. The minimum Gasteiger partial charge on any atom is -0.348 e. The van der Waals surface area contributed by atoms with Crippen molar-refractivity contribution in [2.75, 3.05) is 12.3 Å². The zero-order valence-electron chi connectivity index (χ0n) is 12.5. The third-order valence-electron chi connectivity index (χ3n) is 3.72. The highest BCUT2D eigenvalue weighted by molar-refractivity contribution is 7.91. The van der Waals surface area contributed by atoms with Crippen molar-refractivity contribution in [1.29, 1.82) is 0 Å². The molecule has 0 aromatic carbocycles. The minimum atomic E-state index is -3.47. The Kier molecular flexibility index (Phi) is 5.18. The molecule has 0 spiro atoms. The Bertz CT molecular complexity index is 747. The number of allylic oxidation sites excluding steroid dienone is 1. The summed E-state index contributed by atoms with van der Waals surface area (Å²) in [5, 5.41) is 2.68. The maximum Gasteiger partial charge on any atom is 0.260 e. The molecule has 2 rings (SSSR count). The number of rotatable bonds is 5. The van der Waals surface area contributed by atoms with E-state index >= 15 is 0 Å². The fourth-order valence-corrected chi connectivity index (χ4v) is 3.20. The minimum absolute atomic E-state index is 0.0448. The summed E-state index contributed by atoms with van der Waals surface area (Å²) in [5.41, 5.74) is 0.379. The molecule has 0 unspecified atom stereocenters. The lowest BCUT2D eigenvalue weighted by atomic mass is 10.00. The zero-order valence-corrected chi connectivity index (χ0v) is 13.3. The van der Waals surface area contributed by atoms with Crippen LogP contribution in [-0.4, -0.2) is 31.6 Å². The quantitative estimate of drug-likeness (QED) is 0.800. The van der Waals surface area contributed by atoms with Crippen LogP contribution in [0.15, 0.2) is 33.6 Å². The molecule has 1 aliphatic rings. The molecular formula is C15H20N2O4S. The van der Waals surface area contributed by atoms with Crippen molar-refractivity contribution in [2.24, 2.45) is 0 Å². The Morgan fingerprint density at radius 1 is 1.36 bits per heavy atom. The van der Waals surface area contributed by atoms with E-state index in [-0.39, 0.29) is 16.2 Å². The molecule has 1 aliphatic carbocycles. The van der Waals surface area contributed by atoms with E-state index < -0.39 is 21.3 Å². The van der Waals surface area contributed by atoms with E-state index in [9.17, 15) is 18.0 Å². The van der Waals surface area contributed by atoms with Crippen molar-refractivity contribution in [3.05, 3.63) is 39.8 Å². The number of aromatic nitrogens is 1. The number of carbonyl (C=O) groups is 1. The molecule has 1 amide bonds. The number of carbonyl (C=O) groups excluding carboxylic acids is 1. The average Bonchev–Trinajstić information content (AvgIpc) is 2.53. The summed E-state index contributed by atoms with van der Waals surface area (Å²) in [6.45, 7) is 1.90. The van der Waals surface area contributed by atoms with E-state index in [1.165, 1.54) is 6.92 Å². The molecule has 1 aromatic rings. The van der Waals surface area contributed by atoms with E-state index in [0.29, 0.717) is 6.54 Å².